The van der Waals surface area contributed by atoms with Gasteiger partial charge in [-0.3, -0.25) is 13.9 Å². The minimum Gasteiger partial charge on any atom is -0.320 e. The van der Waals surface area contributed by atoms with Crippen LogP contribution in [0.2, 0.25) is 0 Å². The Kier molecular flexibility index (Phi) is 6.79. The van der Waals surface area contributed by atoms with Crippen LogP contribution in [0.15, 0.2) is 53.8 Å². The first-order valence-corrected chi connectivity index (χ1v) is 13.8. The van der Waals surface area contributed by atoms with Gasteiger partial charge in [0.25, 0.3) is 0 Å². The number of pyridine rings is 1. The minimum absolute atomic E-state index is 0.243. The molecule has 6 rings (SSSR count). The first-order valence-electron chi connectivity index (χ1n) is 13.8. The Hall–Kier alpha value is -3.54. The Labute approximate surface area is 233 Å². The van der Waals surface area contributed by atoms with Crippen molar-refractivity contribution in [2.45, 2.75) is 57.2 Å². The first-order chi connectivity index (χ1) is 19.4. The number of rotatable bonds is 6. The maximum atomic E-state index is 14.2. The molecule has 41 heavy (non-hydrogen) atoms. The van der Waals surface area contributed by atoms with Crippen molar-refractivity contribution in [3.63, 3.8) is 0 Å². The zero-order valence-electron chi connectivity index (χ0n) is 22.8. The van der Waals surface area contributed by atoms with Gasteiger partial charge in [0.05, 0.1) is 16.8 Å². The number of likely N-dealkylation sites (tertiary alicyclic amines) is 1. The largest absolute Gasteiger partial charge is 0.418 e. The summed E-state index contributed by atoms with van der Waals surface area (Å²) in [7, 11) is 1.73. The van der Waals surface area contributed by atoms with Crippen LogP contribution >= 0.6 is 0 Å². The second kappa shape index (κ2) is 10.1. The van der Waals surface area contributed by atoms with E-state index in [0.29, 0.717) is 35.1 Å². The number of hydrogen-bond acceptors (Lipinski definition) is 4. The van der Waals surface area contributed by atoms with E-state index in [1.807, 2.05) is 0 Å². The molecular formula is C29H31F5N6O. The van der Waals surface area contributed by atoms with Gasteiger partial charge in [-0.15, -0.1) is 10.2 Å². The summed E-state index contributed by atoms with van der Waals surface area (Å²) in [6.45, 7) is 4.04. The zero-order valence-corrected chi connectivity index (χ0v) is 22.8. The van der Waals surface area contributed by atoms with Crippen LogP contribution in [0.25, 0.3) is 11.2 Å². The lowest BCUT2D eigenvalue weighted by molar-refractivity contribution is -0.136. The fourth-order valence-electron chi connectivity index (χ4n) is 6.45. The van der Waals surface area contributed by atoms with Crippen LogP contribution in [0, 0.1) is 11.8 Å². The maximum absolute atomic E-state index is 14.2. The van der Waals surface area contributed by atoms with Crippen LogP contribution in [-0.2, 0) is 19.8 Å². The number of fused-ring (bicyclic) bond motifs is 1. The summed E-state index contributed by atoms with van der Waals surface area (Å²) in [5.41, 5.74) is -0.359. The molecule has 0 amide bonds. The molecule has 218 valence electrons. The monoisotopic (exact) mass is 574 g/mol. The van der Waals surface area contributed by atoms with Crippen molar-refractivity contribution in [3.8, 4) is 5.69 Å². The smallest absolute Gasteiger partial charge is 0.320 e. The number of hydrogen-bond donors (Lipinski definition) is 0. The Balaban J connectivity index is 1.42. The van der Waals surface area contributed by atoms with E-state index in [2.05, 4.69) is 22.0 Å². The van der Waals surface area contributed by atoms with E-state index in [1.54, 1.807) is 35.9 Å². The summed E-state index contributed by atoms with van der Waals surface area (Å²) in [5.74, 6) is -2.70. The summed E-state index contributed by atoms with van der Waals surface area (Å²) in [6, 6.07) is 7.86. The van der Waals surface area contributed by atoms with Gasteiger partial charge in [0.1, 0.15) is 12.2 Å². The van der Waals surface area contributed by atoms with E-state index in [4.69, 9.17) is 0 Å². The molecule has 0 spiro atoms. The molecule has 2 fully saturated rings. The summed E-state index contributed by atoms with van der Waals surface area (Å²) >= 11 is 0. The SMILES string of the molecule is C[C@H]1CCCN(Cc2cc(C(F)(F)F)c3cn(-c4cccc([C@H](c5nncn5C)C5CC(F)(F)C5)c4)c(=O)n3c2)C1. The summed E-state index contributed by atoms with van der Waals surface area (Å²) in [6.07, 6.45) is 0.979. The van der Waals surface area contributed by atoms with Gasteiger partial charge in [0.15, 0.2) is 0 Å². The molecule has 0 N–H and O–H groups in total. The van der Waals surface area contributed by atoms with Gasteiger partial charge in [0.2, 0.25) is 5.92 Å². The summed E-state index contributed by atoms with van der Waals surface area (Å²) in [5, 5.41) is 8.08. The second-order valence-corrected chi connectivity index (χ2v) is 11.7. The fraction of sp³-hybridized carbons (Fsp3) is 0.483. The lowest BCUT2D eigenvalue weighted by Gasteiger charge is -2.39. The molecule has 1 aliphatic heterocycles. The van der Waals surface area contributed by atoms with Crippen molar-refractivity contribution < 1.29 is 22.0 Å². The number of nitrogens with zero attached hydrogens (tertiary/aromatic N) is 6. The van der Waals surface area contributed by atoms with Crippen LogP contribution in [0.1, 0.15) is 61.0 Å². The Bertz CT molecular complexity index is 1630. The van der Waals surface area contributed by atoms with Crippen molar-refractivity contribution >= 4 is 5.52 Å². The number of aryl methyl sites for hydroxylation is 1. The van der Waals surface area contributed by atoms with Crippen molar-refractivity contribution in [2.24, 2.45) is 18.9 Å². The van der Waals surface area contributed by atoms with Crippen LogP contribution in [0.5, 0.6) is 0 Å². The molecule has 0 bridgehead atoms. The highest BCUT2D eigenvalue weighted by atomic mass is 19.4. The van der Waals surface area contributed by atoms with Crippen molar-refractivity contribution in [2.75, 3.05) is 13.1 Å². The maximum Gasteiger partial charge on any atom is 0.418 e. The molecule has 4 aromatic rings. The third-order valence-electron chi connectivity index (χ3n) is 8.40. The molecule has 1 aliphatic carbocycles. The second-order valence-electron chi connectivity index (χ2n) is 11.7. The zero-order chi connectivity index (χ0) is 29.1. The predicted molar refractivity (Wildman–Crippen MR) is 142 cm³/mol. The van der Waals surface area contributed by atoms with Gasteiger partial charge < -0.3 is 4.57 Å². The molecule has 1 saturated carbocycles. The van der Waals surface area contributed by atoms with Gasteiger partial charge in [0, 0.05) is 51.3 Å². The van der Waals surface area contributed by atoms with E-state index >= 15 is 0 Å². The average molecular weight is 575 g/mol. The highest BCUT2D eigenvalue weighted by molar-refractivity contribution is 5.58. The van der Waals surface area contributed by atoms with Crippen molar-refractivity contribution in [3.05, 3.63) is 82.1 Å². The van der Waals surface area contributed by atoms with E-state index in [-0.39, 0.29) is 18.4 Å². The van der Waals surface area contributed by atoms with E-state index in [1.165, 1.54) is 23.3 Å². The number of alkyl halides is 5. The lowest BCUT2D eigenvalue weighted by Crippen LogP contribution is -2.39. The number of piperidine rings is 1. The van der Waals surface area contributed by atoms with Gasteiger partial charge in [-0.1, -0.05) is 19.1 Å². The Morgan fingerprint density at radius 3 is 2.59 bits per heavy atom. The first kappa shape index (κ1) is 27.6. The topological polar surface area (TPSA) is 60.4 Å². The highest BCUT2D eigenvalue weighted by Crippen LogP contribution is 2.51. The minimum atomic E-state index is -4.66. The molecule has 3 aromatic heterocycles. The number of aromatic nitrogens is 5. The summed E-state index contributed by atoms with van der Waals surface area (Å²) in [4.78, 5) is 15.7. The molecule has 1 aromatic carbocycles. The molecule has 2 aliphatic rings. The number of benzene rings is 1. The molecule has 7 nitrogen and oxygen atoms in total. The summed E-state index contributed by atoms with van der Waals surface area (Å²) < 4.78 is 74.3. The van der Waals surface area contributed by atoms with Crippen LogP contribution < -0.4 is 5.69 Å². The van der Waals surface area contributed by atoms with E-state index in [9.17, 15) is 26.7 Å². The van der Waals surface area contributed by atoms with Gasteiger partial charge >= 0.3 is 11.9 Å². The van der Waals surface area contributed by atoms with Crippen LogP contribution in [0.4, 0.5) is 22.0 Å². The predicted octanol–water partition coefficient (Wildman–Crippen LogP) is 5.65. The van der Waals surface area contributed by atoms with Crippen molar-refractivity contribution in [1.29, 1.82) is 0 Å². The quantitative estimate of drug-likeness (QED) is 0.280. The lowest BCUT2D eigenvalue weighted by atomic mass is 9.70. The number of halogens is 5. The van der Waals surface area contributed by atoms with E-state index < -0.39 is 35.2 Å². The Morgan fingerprint density at radius 2 is 1.93 bits per heavy atom. The van der Waals surface area contributed by atoms with E-state index in [0.717, 1.165) is 36.4 Å². The third-order valence-corrected chi connectivity index (χ3v) is 8.40. The molecule has 2 atom stereocenters. The fourth-order valence-corrected chi connectivity index (χ4v) is 6.45. The molecular weight excluding hydrogens is 543 g/mol. The molecule has 1 saturated heterocycles. The normalized spacial score (nSPS) is 20.8. The van der Waals surface area contributed by atoms with Crippen molar-refractivity contribution in [1.82, 2.24) is 28.6 Å². The van der Waals surface area contributed by atoms with Gasteiger partial charge in [-0.25, -0.2) is 13.6 Å². The Morgan fingerprint density at radius 1 is 1.15 bits per heavy atom. The van der Waals surface area contributed by atoms with Crippen LogP contribution in [0.3, 0.4) is 0 Å². The number of imidazole rings is 1. The van der Waals surface area contributed by atoms with Crippen LogP contribution in [-0.4, -0.2) is 47.6 Å². The molecule has 4 heterocycles. The molecule has 0 radical (unpaired) electrons. The highest BCUT2D eigenvalue weighted by Gasteiger charge is 2.50. The molecule has 12 heteroatoms. The average Bonchev–Trinajstić information content (AvgIpc) is 3.45. The van der Waals surface area contributed by atoms with Gasteiger partial charge in [-0.05, 0) is 60.5 Å². The third kappa shape index (κ3) is 5.29. The standard InChI is InChI=1S/C29H31F5N6O/c1-18-5-4-8-38(13-18)14-19-9-23(29(32,33)34)24-16-39(27(41)40(24)15-19)22-7-3-6-20(10-22)25(21-11-28(30,31)12-21)26-36-35-17-37(26)2/h3,6-7,9-10,15-18,21,25H,4-5,8,11-14H2,1-2H3/t18-,25-/m0/s1. The van der Waals surface area contributed by atoms with Gasteiger partial charge in [-0.2, -0.15) is 13.2 Å². The molecule has 0 unspecified atom stereocenters.